The van der Waals surface area contributed by atoms with Crippen LogP contribution in [-0.2, 0) is 0 Å². The second-order valence-corrected chi connectivity index (χ2v) is 6.39. The molecule has 0 bridgehead atoms. The van der Waals surface area contributed by atoms with Crippen molar-refractivity contribution < 1.29 is 4.39 Å². The first-order valence-electron chi connectivity index (χ1n) is 7.48. The summed E-state index contributed by atoms with van der Waals surface area (Å²) in [6.07, 6.45) is 7.45. The minimum atomic E-state index is -0.239. The van der Waals surface area contributed by atoms with Gasteiger partial charge >= 0.3 is 0 Å². The molecule has 0 amide bonds. The number of imidazole rings is 1. The molecule has 1 fully saturated rings. The van der Waals surface area contributed by atoms with Crippen LogP contribution in [0.1, 0.15) is 62.7 Å². The Labute approximate surface area is 123 Å². The van der Waals surface area contributed by atoms with E-state index in [1.54, 1.807) is 0 Å². The van der Waals surface area contributed by atoms with Crippen molar-refractivity contribution >= 4 is 22.6 Å². The first-order chi connectivity index (χ1) is 9.66. The zero-order valence-corrected chi connectivity index (χ0v) is 12.5. The molecule has 1 aliphatic rings. The standard InChI is InChI=1S/C16H20ClFN2/c1-11(17)16-19-14-10-12(18)8-9-15(14)20(16)13-6-4-2-3-5-7-13/h8-11,13H,2-7H2,1H3. The van der Waals surface area contributed by atoms with Gasteiger partial charge in [0.1, 0.15) is 11.6 Å². The van der Waals surface area contributed by atoms with Crippen LogP contribution in [0.2, 0.25) is 0 Å². The average molecular weight is 295 g/mol. The Morgan fingerprint density at radius 1 is 1.25 bits per heavy atom. The number of hydrogen-bond donors (Lipinski definition) is 0. The maximum atomic E-state index is 13.4. The molecule has 1 aliphatic carbocycles. The molecular formula is C16H20ClFN2. The van der Waals surface area contributed by atoms with Crippen LogP contribution in [0.4, 0.5) is 4.39 Å². The summed E-state index contributed by atoms with van der Waals surface area (Å²) < 4.78 is 15.7. The Morgan fingerprint density at radius 3 is 2.60 bits per heavy atom. The number of alkyl halides is 1. The van der Waals surface area contributed by atoms with Crippen LogP contribution in [0.5, 0.6) is 0 Å². The molecule has 0 radical (unpaired) electrons. The van der Waals surface area contributed by atoms with Gasteiger partial charge in [-0.15, -0.1) is 11.6 Å². The highest BCUT2D eigenvalue weighted by Gasteiger charge is 2.22. The van der Waals surface area contributed by atoms with Gasteiger partial charge in [-0.2, -0.15) is 0 Å². The lowest BCUT2D eigenvalue weighted by Crippen LogP contribution is -2.12. The van der Waals surface area contributed by atoms with Crippen LogP contribution in [0.3, 0.4) is 0 Å². The third-order valence-electron chi connectivity index (χ3n) is 4.22. The summed E-state index contributed by atoms with van der Waals surface area (Å²) in [5, 5.41) is -0.159. The van der Waals surface area contributed by atoms with Crippen molar-refractivity contribution in [1.29, 1.82) is 0 Å². The minimum Gasteiger partial charge on any atom is -0.324 e. The van der Waals surface area contributed by atoms with Crippen LogP contribution < -0.4 is 0 Å². The van der Waals surface area contributed by atoms with Gasteiger partial charge in [-0.1, -0.05) is 25.7 Å². The maximum absolute atomic E-state index is 13.4. The average Bonchev–Trinajstić information content (AvgIpc) is 2.59. The largest absolute Gasteiger partial charge is 0.324 e. The van der Waals surface area contributed by atoms with Crippen LogP contribution in [-0.4, -0.2) is 9.55 Å². The van der Waals surface area contributed by atoms with E-state index < -0.39 is 0 Å². The highest BCUT2D eigenvalue weighted by Crippen LogP contribution is 2.34. The molecule has 4 heteroatoms. The monoisotopic (exact) mass is 294 g/mol. The number of hydrogen-bond acceptors (Lipinski definition) is 1. The molecule has 2 nitrogen and oxygen atoms in total. The van der Waals surface area contributed by atoms with Crippen molar-refractivity contribution in [3.05, 3.63) is 29.8 Å². The van der Waals surface area contributed by atoms with Gasteiger partial charge in [-0.25, -0.2) is 9.37 Å². The number of aromatic nitrogens is 2. The van der Waals surface area contributed by atoms with Crippen molar-refractivity contribution in [3.8, 4) is 0 Å². The molecule has 20 heavy (non-hydrogen) atoms. The molecule has 1 aromatic heterocycles. The molecule has 0 aliphatic heterocycles. The molecular weight excluding hydrogens is 275 g/mol. The Kier molecular flexibility index (Phi) is 3.97. The molecule has 1 unspecified atom stereocenters. The van der Waals surface area contributed by atoms with E-state index in [0.717, 1.165) is 16.9 Å². The molecule has 1 aromatic carbocycles. The molecule has 0 saturated heterocycles. The van der Waals surface area contributed by atoms with Crippen molar-refractivity contribution in [2.24, 2.45) is 0 Å². The summed E-state index contributed by atoms with van der Waals surface area (Å²) in [4.78, 5) is 4.57. The molecule has 1 heterocycles. The topological polar surface area (TPSA) is 17.8 Å². The third kappa shape index (κ3) is 2.56. The van der Waals surface area contributed by atoms with Gasteiger partial charge in [0.25, 0.3) is 0 Å². The first-order valence-corrected chi connectivity index (χ1v) is 7.92. The summed E-state index contributed by atoms with van der Waals surface area (Å²) in [7, 11) is 0. The van der Waals surface area contributed by atoms with E-state index in [2.05, 4.69) is 9.55 Å². The molecule has 2 aromatic rings. The van der Waals surface area contributed by atoms with E-state index in [-0.39, 0.29) is 11.2 Å². The fraction of sp³-hybridized carbons (Fsp3) is 0.562. The quantitative estimate of drug-likeness (QED) is 0.538. The van der Waals surface area contributed by atoms with Gasteiger partial charge in [0.15, 0.2) is 0 Å². The predicted octanol–water partition coefficient (Wildman–Crippen LogP) is 5.37. The highest BCUT2D eigenvalue weighted by atomic mass is 35.5. The second-order valence-electron chi connectivity index (χ2n) is 5.73. The predicted molar refractivity (Wildman–Crippen MR) is 80.7 cm³/mol. The van der Waals surface area contributed by atoms with E-state index in [1.807, 2.05) is 13.0 Å². The number of rotatable bonds is 2. The lowest BCUT2D eigenvalue weighted by Gasteiger charge is -2.21. The summed E-state index contributed by atoms with van der Waals surface area (Å²) in [5.74, 6) is 0.635. The van der Waals surface area contributed by atoms with Gasteiger partial charge in [-0.3, -0.25) is 0 Å². The molecule has 3 rings (SSSR count). The van der Waals surface area contributed by atoms with Crippen LogP contribution in [0.15, 0.2) is 18.2 Å². The zero-order valence-electron chi connectivity index (χ0n) is 11.8. The van der Waals surface area contributed by atoms with E-state index in [4.69, 9.17) is 11.6 Å². The minimum absolute atomic E-state index is 0.159. The lowest BCUT2D eigenvalue weighted by atomic mass is 10.1. The van der Waals surface area contributed by atoms with E-state index in [0.29, 0.717) is 6.04 Å². The summed E-state index contributed by atoms with van der Waals surface area (Å²) in [5.41, 5.74) is 1.73. The van der Waals surface area contributed by atoms with Crippen molar-refractivity contribution in [1.82, 2.24) is 9.55 Å². The second kappa shape index (κ2) is 5.72. The molecule has 1 atom stereocenters. The van der Waals surface area contributed by atoms with Gasteiger partial charge in [-0.05, 0) is 31.9 Å². The molecule has 0 spiro atoms. The van der Waals surface area contributed by atoms with E-state index >= 15 is 0 Å². The van der Waals surface area contributed by atoms with Gasteiger partial charge < -0.3 is 4.57 Å². The SMILES string of the molecule is CC(Cl)c1nc2cc(F)ccc2n1C1CCCCCC1. The van der Waals surface area contributed by atoms with Crippen molar-refractivity contribution in [2.75, 3.05) is 0 Å². The van der Waals surface area contributed by atoms with Crippen molar-refractivity contribution in [2.45, 2.75) is 56.9 Å². The maximum Gasteiger partial charge on any atom is 0.127 e. The normalized spacial score (nSPS) is 19.1. The fourth-order valence-corrected chi connectivity index (χ4v) is 3.42. The Bertz CT molecular complexity index is 598. The van der Waals surface area contributed by atoms with Gasteiger partial charge in [0, 0.05) is 12.1 Å². The van der Waals surface area contributed by atoms with Crippen LogP contribution >= 0.6 is 11.6 Å². The van der Waals surface area contributed by atoms with Crippen LogP contribution in [0.25, 0.3) is 11.0 Å². The number of fused-ring (bicyclic) bond motifs is 1. The highest BCUT2D eigenvalue weighted by molar-refractivity contribution is 6.20. The van der Waals surface area contributed by atoms with E-state index in [9.17, 15) is 4.39 Å². The van der Waals surface area contributed by atoms with Crippen LogP contribution in [0, 0.1) is 5.82 Å². The Morgan fingerprint density at radius 2 is 1.95 bits per heavy atom. The summed E-state index contributed by atoms with van der Waals surface area (Å²) in [6, 6.07) is 5.31. The number of nitrogens with zero attached hydrogens (tertiary/aromatic N) is 2. The van der Waals surface area contributed by atoms with Gasteiger partial charge in [0.2, 0.25) is 0 Å². The molecule has 0 N–H and O–H groups in total. The van der Waals surface area contributed by atoms with E-state index in [1.165, 1.54) is 50.7 Å². The molecule has 108 valence electrons. The number of halogens is 2. The smallest absolute Gasteiger partial charge is 0.127 e. The Hall–Kier alpha value is -1.09. The van der Waals surface area contributed by atoms with Crippen molar-refractivity contribution in [3.63, 3.8) is 0 Å². The summed E-state index contributed by atoms with van der Waals surface area (Å²) >= 11 is 6.30. The lowest BCUT2D eigenvalue weighted by molar-refractivity contribution is 0.440. The third-order valence-corrected chi connectivity index (χ3v) is 4.42. The first kappa shape index (κ1) is 13.9. The zero-order chi connectivity index (χ0) is 14.1. The Balaban J connectivity index is 2.12. The summed E-state index contributed by atoms with van der Waals surface area (Å²) in [6.45, 7) is 1.94. The number of benzene rings is 1. The fourth-order valence-electron chi connectivity index (χ4n) is 3.27. The van der Waals surface area contributed by atoms with Gasteiger partial charge in [0.05, 0.1) is 16.4 Å². The molecule has 1 saturated carbocycles.